The highest BCUT2D eigenvalue weighted by molar-refractivity contribution is 5.80. The van der Waals surface area contributed by atoms with Crippen molar-refractivity contribution in [1.29, 1.82) is 0 Å². The normalized spacial score (nSPS) is 16.0. The Morgan fingerprint density at radius 1 is 1.33 bits per heavy atom. The average molecular weight is 326 g/mol. The first-order valence-electron chi connectivity index (χ1n) is 8.75. The maximum absolute atomic E-state index is 4.74. The zero-order chi connectivity index (χ0) is 16.8. The summed E-state index contributed by atoms with van der Waals surface area (Å²) in [7, 11) is 0. The summed E-state index contributed by atoms with van der Waals surface area (Å²) in [6.07, 6.45) is 5.13. The summed E-state index contributed by atoms with van der Waals surface area (Å²) >= 11 is 0. The first kappa shape index (κ1) is 16.5. The number of hydrogen-bond donors (Lipinski definition) is 2. The standard InChI is InChI=1S/C18H26N6/c1-3-17-23-20-13-24(17)12-11-19-18(22-16-9-10-16)21-14(2)15-7-5-4-6-8-15/h4-8,13-14,16H,3,9-12H2,1-2H3,(H2,19,21,22). The van der Waals surface area contributed by atoms with Crippen molar-refractivity contribution in [2.75, 3.05) is 6.54 Å². The highest BCUT2D eigenvalue weighted by atomic mass is 15.3. The SMILES string of the molecule is CCc1nncn1CCN=C(NC1CC1)NC(C)c1ccccc1. The zero-order valence-corrected chi connectivity index (χ0v) is 14.4. The molecule has 0 spiro atoms. The second-order valence-corrected chi connectivity index (χ2v) is 6.22. The van der Waals surface area contributed by atoms with Crippen LogP contribution in [0.15, 0.2) is 41.7 Å². The second kappa shape index (κ2) is 7.95. The largest absolute Gasteiger partial charge is 0.354 e. The van der Waals surface area contributed by atoms with E-state index < -0.39 is 0 Å². The van der Waals surface area contributed by atoms with E-state index in [0.29, 0.717) is 12.6 Å². The molecule has 0 bridgehead atoms. The molecule has 0 amide bonds. The third-order valence-electron chi connectivity index (χ3n) is 4.19. The van der Waals surface area contributed by atoms with Gasteiger partial charge in [0.2, 0.25) is 0 Å². The molecule has 0 aliphatic heterocycles. The molecule has 1 aliphatic carbocycles. The Morgan fingerprint density at radius 3 is 2.83 bits per heavy atom. The fourth-order valence-corrected chi connectivity index (χ4v) is 2.59. The maximum Gasteiger partial charge on any atom is 0.192 e. The van der Waals surface area contributed by atoms with Crippen molar-refractivity contribution in [2.45, 2.75) is 51.7 Å². The van der Waals surface area contributed by atoms with E-state index in [-0.39, 0.29) is 6.04 Å². The van der Waals surface area contributed by atoms with Gasteiger partial charge in [0.25, 0.3) is 0 Å². The summed E-state index contributed by atoms with van der Waals surface area (Å²) in [5.41, 5.74) is 1.26. The van der Waals surface area contributed by atoms with Crippen molar-refractivity contribution in [3.05, 3.63) is 48.0 Å². The molecule has 0 radical (unpaired) electrons. The quantitative estimate of drug-likeness (QED) is 0.605. The monoisotopic (exact) mass is 326 g/mol. The highest BCUT2D eigenvalue weighted by Gasteiger charge is 2.23. The lowest BCUT2D eigenvalue weighted by Gasteiger charge is -2.18. The predicted molar refractivity (Wildman–Crippen MR) is 95.9 cm³/mol. The van der Waals surface area contributed by atoms with E-state index >= 15 is 0 Å². The van der Waals surface area contributed by atoms with E-state index in [9.17, 15) is 0 Å². The molecule has 128 valence electrons. The van der Waals surface area contributed by atoms with Crippen molar-refractivity contribution in [2.24, 2.45) is 4.99 Å². The molecule has 1 fully saturated rings. The van der Waals surface area contributed by atoms with E-state index in [1.165, 1.54) is 18.4 Å². The molecule has 1 unspecified atom stereocenters. The van der Waals surface area contributed by atoms with Gasteiger partial charge in [-0.1, -0.05) is 37.3 Å². The molecular weight excluding hydrogens is 300 g/mol. The smallest absolute Gasteiger partial charge is 0.192 e. The number of aliphatic imine (C=N–C) groups is 1. The topological polar surface area (TPSA) is 67.1 Å². The van der Waals surface area contributed by atoms with Gasteiger partial charge in [0.15, 0.2) is 5.96 Å². The van der Waals surface area contributed by atoms with Crippen molar-refractivity contribution >= 4 is 5.96 Å². The number of hydrogen-bond acceptors (Lipinski definition) is 3. The van der Waals surface area contributed by atoms with Gasteiger partial charge in [0.05, 0.1) is 12.6 Å². The Hall–Kier alpha value is -2.37. The molecule has 3 rings (SSSR count). The van der Waals surface area contributed by atoms with E-state index in [0.717, 1.165) is 24.7 Å². The fourth-order valence-electron chi connectivity index (χ4n) is 2.59. The van der Waals surface area contributed by atoms with Gasteiger partial charge in [0.1, 0.15) is 12.2 Å². The van der Waals surface area contributed by atoms with Crippen LogP contribution in [0.3, 0.4) is 0 Å². The van der Waals surface area contributed by atoms with Gasteiger partial charge in [-0.05, 0) is 25.3 Å². The van der Waals surface area contributed by atoms with E-state index in [1.54, 1.807) is 6.33 Å². The summed E-state index contributed by atoms with van der Waals surface area (Å²) in [6.45, 7) is 5.75. The minimum atomic E-state index is 0.220. The summed E-state index contributed by atoms with van der Waals surface area (Å²) in [4.78, 5) is 4.74. The van der Waals surface area contributed by atoms with Gasteiger partial charge < -0.3 is 15.2 Å². The molecule has 24 heavy (non-hydrogen) atoms. The van der Waals surface area contributed by atoms with Gasteiger partial charge in [0, 0.05) is 19.0 Å². The van der Waals surface area contributed by atoms with Crippen LogP contribution >= 0.6 is 0 Å². The first-order valence-corrected chi connectivity index (χ1v) is 8.75. The van der Waals surface area contributed by atoms with Crippen molar-refractivity contribution < 1.29 is 0 Å². The molecule has 6 heteroatoms. The van der Waals surface area contributed by atoms with Gasteiger partial charge in [-0.2, -0.15) is 0 Å². The van der Waals surface area contributed by atoms with Crippen LogP contribution in [0, 0.1) is 0 Å². The van der Waals surface area contributed by atoms with Gasteiger partial charge in [-0.3, -0.25) is 4.99 Å². The molecule has 6 nitrogen and oxygen atoms in total. The van der Waals surface area contributed by atoms with Crippen LogP contribution < -0.4 is 10.6 Å². The molecule has 2 aromatic rings. The van der Waals surface area contributed by atoms with Gasteiger partial charge >= 0.3 is 0 Å². The van der Waals surface area contributed by atoms with Crippen LogP contribution in [-0.2, 0) is 13.0 Å². The molecule has 1 aromatic carbocycles. The zero-order valence-electron chi connectivity index (χ0n) is 14.4. The fraction of sp³-hybridized carbons (Fsp3) is 0.500. The molecule has 0 saturated heterocycles. The Balaban J connectivity index is 1.60. The van der Waals surface area contributed by atoms with Crippen LogP contribution in [0.5, 0.6) is 0 Å². The Bertz CT molecular complexity index is 659. The molecule has 1 aliphatic rings. The number of benzene rings is 1. The number of nitrogens with zero attached hydrogens (tertiary/aromatic N) is 4. The maximum atomic E-state index is 4.74. The van der Waals surface area contributed by atoms with E-state index in [2.05, 4.69) is 63.5 Å². The lowest BCUT2D eigenvalue weighted by Crippen LogP contribution is -2.40. The van der Waals surface area contributed by atoms with Crippen LogP contribution in [0.25, 0.3) is 0 Å². The first-order chi connectivity index (χ1) is 11.8. The Morgan fingerprint density at radius 2 is 2.12 bits per heavy atom. The predicted octanol–water partition coefficient (Wildman–Crippen LogP) is 2.30. The lowest BCUT2D eigenvalue weighted by molar-refractivity contribution is 0.647. The van der Waals surface area contributed by atoms with Crippen LogP contribution in [0.2, 0.25) is 0 Å². The molecule has 2 N–H and O–H groups in total. The van der Waals surface area contributed by atoms with Crippen molar-refractivity contribution in [3.8, 4) is 0 Å². The van der Waals surface area contributed by atoms with Crippen LogP contribution in [0.1, 0.15) is 44.1 Å². The van der Waals surface area contributed by atoms with Gasteiger partial charge in [-0.15, -0.1) is 10.2 Å². The molecule has 1 aromatic heterocycles. The number of aryl methyl sites for hydroxylation is 1. The average Bonchev–Trinajstić information content (AvgIpc) is 3.31. The Kier molecular flexibility index (Phi) is 5.46. The summed E-state index contributed by atoms with van der Waals surface area (Å²) in [6, 6.07) is 11.2. The van der Waals surface area contributed by atoms with Crippen molar-refractivity contribution in [1.82, 2.24) is 25.4 Å². The number of aromatic nitrogens is 3. The molecular formula is C18H26N6. The summed E-state index contributed by atoms with van der Waals surface area (Å²) in [5.74, 6) is 1.90. The summed E-state index contributed by atoms with van der Waals surface area (Å²) in [5, 5.41) is 15.1. The van der Waals surface area contributed by atoms with E-state index in [1.807, 2.05) is 6.07 Å². The van der Waals surface area contributed by atoms with Crippen LogP contribution in [0.4, 0.5) is 0 Å². The summed E-state index contributed by atoms with van der Waals surface area (Å²) < 4.78 is 2.07. The van der Waals surface area contributed by atoms with Gasteiger partial charge in [-0.25, -0.2) is 0 Å². The Labute approximate surface area is 143 Å². The second-order valence-electron chi connectivity index (χ2n) is 6.22. The molecule has 1 atom stereocenters. The minimum Gasteiger partial charge on any atom is -0.354 e. The molecule has 1 heterocycles. The highest BCUT2D eigenvalue weighted by Crippen LogP contribution is 2.19. The third-order valence-corrected chi connectivity index (χ3v) is 4.19. The number of guanidine groups is 1. The number of nitrogens with one attached hydrogen (secondary N) is 2. The lowest BCUT2D eigenvalue weighted by atomic mass is 10.1. The third kappa shape index (κ3) is 4.57. The molecule has 1 saturated carbocycles. The van der Waals surface area contributed by atoms with Crippen LogP contribution in [-0.4, -0.2) is 33.3 Å². The minimum absolute atomic E-state index is 0.220. The van der Waals surface area contributed by atoms with Crippen molar-refractivity contribution in [3.63, 3.8) is 0 Å². The number of rotatable bonds is 7. The van der Waals surface area contributed by atoms with E-state index in [4.69, 9.17) is 4.99 Å².